The van der Waals surface area contributed by atoms with E-state index in [2.05, 4.69) is 52.0 Å². The Kier molecular flexibility index (Phi) is 4.02. The highest BCUT2D eigenvalue weighted by atomic mass is 79.9. The van der Waals surface area contributed by atoms with Crippen LogP contribution in [0.4, 0.5) is 0 Å². The minimum absolute atomic E-state index is 0.373. The number of hydrogen-bond donors (Lipinski definition) is 0. The molecule has 0 amide bonds. The summed E-state index contributed by atoms with van der Waals surface area (Å²) in [7, 11) is 0. The van der Waals surface area contributed by atoms with E-state index in [0.717, 1.165) is 23.8 Å². The van der Waals surface area contributed by atoms with E-state index in [0.29, 0.717) is 5.41 Å². The molecular formula is C15H19BrOS. The zero-order valence-electron chi connectivity index (χ0n) is 10.5. The third-order valence-corrected chi connectivity index (χ3v) is 6.57. The predicted octanol–water partition coefficient (Wildman–Crippen LogP) is 4.29. The third-order valence-electron chi connectivity index (χ3n) is 4.06. The SMILES string of the molecule is BrCC1(CC2Cc3ccccc3S2)CCCOC1. The van der Waals surface area contributed by atoms with Crippen LogP contribution in [0.1, 0.15) is 24.8 Å². The predicted molar refractivity (Wildman–Crippen MR) is 80.7 cm³/mol. The first-order chi connectivity index (χ1) is 8.81. The minimum Gasteiger partial charge on any atom is -0.381 e. The van der Waals surface area contributed by atoms with Crippen LogP contribution in [0.15, 0.2) is 29.2 Å². The van der Waals surface area contributed by atoms with Crippen molar-refractivity contribution in [3.63, 3.8) is 0 Å². The Morgan fingerprint density at radius 3 is 3.00 bits per heavy atom. The molecule has 0 spiro atoms. The van der Waals surface area contributed by atoms with E-state index in [1.165, 1.54) is 36.1 Å². The lowest BCUT2D eigenvalue weighted by molar-refractivity contribution is 0.00149. The summed E-state index contributed by atoms with van der Waals surface area (Å²) in [6, 6.07) is 8.85. The molecule has 0 N–H and O–H groups in total. The molecule has 3 rings (SSSR count). The first-order valence-electron chi connectivity index (χ1n) is 6.70. The number of ether oxygens (including phenoxy) is 1. The third kappa shape index (κ3) is 2.63. The van der Waals surface area contributed by atoms with Gasteiger partial charge in [-0.25, -0.2) is 0 Å². The summed E-state index contributed by atoms with van der Waals surface area (Å²) in [5, 5.41) is 1.81. The van der Waals surface area contributed by atoms with Crippen LogP contribution in [0, 0.1) is 5.41 Å². The lowest BCUT2D eigenvalue weighted by Gasteiger charge is -2.37. The number of hydrogen-bond acceptors (Lipinski definition) is 2. The van der Waals surface area contributed by atoms with Gasteiger partial charge >= 0.3 is 0 Å². The molecule has 2 aliphatic heterocycles. The molecule has 2 unspecified atom stereocenters. The van der Waals surface area contributed by atoms with Gasteiger partial charge in [0.1, 0.15) is 0 Å². The zero-order valence-corrected chi connectivity index (χ0v) is 12.9. The van der Waals surface area contributed by atoms with E-state index in [1.54, 1.807) is 0 Å². The number of halogens is 1. The highest BCUT2D eigenvalue weighted by Gasteiger charge is 2.36. The van der Waals surface area contributed by atoms with Crippen molar-refractivity contribution in [3.05, 3.63) is 29.8 Å². The molecule has 0 radical (unpaired) electrons. The molecule has 1 saturated heterocycles. The van der Waals surface area contributed by atoms with E-state index in [9.17, 15) is 0 Å². The Hall–Kier alpha value is 0.01000. The second-order valence-electron chi connectivity index (χ2n) is 5.55. The van der Waals surface area contributed by atoms with E-state index in [1.807, 2.05) is 0 Å². The molecule has 1 aromatic carbocycles. The van der Waals surface area contributed by atoms with Crippen LogP contribution in [-0.2, 0) is 11.2 Å². The average Bonchev–Trinajstić information content (AvgIpc) is 2.81. The fourth-order valence-corrected chi connectivity index (χ4v) is 5.27. The van der Waals surface area contributed by atoms with Crippen LogP contribution in [-0.4, -0.2) is 23.8 Å². The molecule has 2 aliphatic rings. The van der Waals surface area contributed by atoms with E-state index in [-0.39, 0.29) is 0 Å². The highest BCUT2D eigenvalue weighted by molar-refractivity contribution is 9.09. The molecule has 2 heterocycles. The van der Waals surface area contributed by atoms with Crippen molar-refractivity contribution in [1.29, 1.82) is 0 Å². The van der Waals surface area contributed by atoms with Crippen LogP contribution in [0.25, 0.3) is 0 Å². The van der Waals surface area contributed by atoms with Gasteiger partial charge in [0, 0.05) is 27.5 Å². The van der Waals surface area contributed by atoms with Gasteiger partial charge in [-0.2, -0.15) is 0 Å². The maximum atomic E-state index is 5.72. The van der Waals surface area contributed by atoms with Crippen molar-refractivity contribution in [2.24, 2.45) is 5.41 Å². The van der Waals surface area contributed by atoms with Gasteiger partial charge in [0.25, 0.3) is 0 Å². The summed E-state index contributed by atoms with van der Waals surface area (Å²) >= 11 is 5.79. The molecule has 3 heteroatoms. The maximum Gasteiger partial charge on any atom is 0.0530 e. The Balaban J connectivity index is 1.67. The topological polar surface area (TPSA) is 9.23 Å². The van der Waals surface area contributed by atoms with Gasteiger partial charge in [0.2, 0.25) is 0 Å². The lowest BCUT2D eigenvalue weighted by Crippen LogP contribution is -2.36. The maximum absolute atomic E-state index is 5.72. The van der Waals surface area contributed by atoms with Crippen LogP contribution < -0.4 is 0 Å². The molecular weight excluding hydrogens is 308 g/mol. The zero-order chi connectivity index (χ0) is 12.4. The van der Waals surface area contributed by atoms with E-state index >= 15 is 0 Å². The van der Waals surface area contributed by atoms with Crippen molar-refractivity contribution >= 4 is 27.7 Å². The first-order valence-corrected chi connectivity index (χ1v) is 8.70. The fourth-order valence-electron chi connectivity index (χ4n) is 3.08. The number of alkyl halides is 1. The van der Waals surface area contributed by atoms with Crippen LogP contribution in [0.2, 0.25) is 0 Å². The molecule has 1 nitrogen and oxygen atoms in total. The Morgan fingerprint density at radius 1 is 1.39 bits per heavy atom. The number of fused-ring (bicyclic) bond motifs is 1. The molecule has 0 aromatic heterocycles. The van der Waals surface area contributed by atoms with Gasteiger partial charge in [0.15, 0.2) is 0 Å². The van der Waals surface area contributed by atoms with Gasteiger partial charge in [-0.15, -0.1) is 11.8 Å². The highest BCUT2D eigenvalue weighted by Crippen LogP contribution is 2.45. The smallest absolute Gasteiger partial charge is 0.0530 e. The molecule has 0 saturated carbocycles. The van der Waals surface area contributed by atoms with E-state index in [4.69, 9.17) is 4.74 Å². The second-order valence-corrected chi connectivity index (χ2v) is 7.45. The summed E-state index contributed by atoms with van der Waals surface area (Å²) in [6.07, 6.45) is 5.04. The summed E-state index contributed by atoms with van der Waals surface area (Å²) in [4.78, 5) is 1.49. The number of benzene rings is 1. The van der Waals surface area contributed by atoms with Gasteiger partial charge in [-0.1, -0.05) is 34.1 Å². The van der Waals surface area contributed by atoms with Gasteiger partial charge < -0.3 is 4.74 Å². The molecule has 0 aliphatic carbocycles. The van der Waals surface area contributed by atoms with Crippen molar-refractivity contribution in [3.8, 4) is 0 Å². The van der Waals surface area contributed by atoms with Crippen molar-refractivity contribution in [1.82, 2.24) is 0 Å². The molecule has 1 aromatic rings. The Bertz CT molecular complexity index is 390. The van der Waals surface area contributed by atoms with Crippen molar-refractivity contribution in [2.45, 2.75) is 35.8 Å². The van der Waals surface area contributed by atoms with Gasteiger partial charge in [-0.3, -0.25) is 0 Å². The lowest BCUT2D eigenvalue weighted by atomic mass is 9.79. The summed E-state index contributed by atoms with van der Waals surface area (Å²) in [5.41, 5.74) is 1.91. The van der Waals surface area contributed by atoms with Crippen LogP contribution >= 0.6 is 27.7 Å². The Morgan fingerprint density at radius 2 is 2.28 bits per heavy atom. The fraction of sp³-hybridized carbons (Fsp3) is 0.600. The average molecular weight is 327 g/mol. The molecule has 98 valence electrons. The quantitative estimate of drug-likeness (QED) is 0.766. The van der Waals surface area contributed by atoms with Crippen LogP contribution in [0.3, 0.4) is 0 Å². The molecule has 2 atom stereocenters. The van der Waals surface area contributed by atoms with Crippen molar-refractivity contribution < 1.29 is 4.74 Å². The second kappa shape index (κ2) is 5.56. The molecule has 1 fully saturated rings. The first kappa shape index (κ1) is 13.0. The monoisotopic (exact) mass is 326 g/mol. The van der Waals surface area contributed by atoms with Gasteiger partial charge in [0.05, 0.1) is 6.61 Å². The standard InChI is InChI=1S/C15H19BrOS/c16-10-15(6-3-7-17-11-15)9-13-8-12-4-1-2-5-14(12)18-13/h1-2,4-5,13H,3,6-11H2. The Labute approximate surface area is 122 Å². The van der Waals surface area contributed by atoms with Gasteiger partial charge in [-0.05, 0) is 37.3 Å². The molecule has 0 bridgehead atoms. The largest absolute Gasteiger partial charge is 0.381 e. The summed E-state index contributed by atoms with van der Waals surface area (Å²) < 4.78 is 5.72. The minimum atomic E-state index is 0.373. The summed E-state index contributed by atoms with van der Waals surface area (Å²) in [5.74, 6) is 0. The summed E-state index contributed by atoms with van der Waals surface area (Å²) in [6.45, 7) is 1.89. The number of thioether (sulfide) groups is 1. The van der Waals surface area contributed by atoms with E-state index < -0.39 is 0 Å². The normalized spacial score (nSPS) is 31.3. The molecule has 18 heavy (non-hydrogen) atoms. The van der Waals surface area contributed by atoms with Crippen molar-refractivity contribution in [2.75, 3.05) is 18.5 Å². The number of rotatable bonds is 3. The van der Waals surface area contributed by atoms with Crippen LogP contribution in [0.5, 0.6) is 0 Å².